The van der Waals surface area contributed by atoms with E-state index in [-0.39, 0.29) is 0 Å². The first-order valence-corrected chi connectivity index (χ1v) is 6.46. The predicted octanol–water partition coefficient (Wildman–Crippen LogP) is 4.02. The lowest BCUT2D eigenvalue weighted by Crippen LogP contribution is -1.93. The molecule has 0 unspecified atom stereocenters. The SMILES string of the molecule is CSc1cccc(Nc2ccccc2C#N)c1. The van der Waals surface area contributed by atoms with Gasteiger partial charge in [-0.3, -0.25) is 0 Å². The highest BCUT2D eigenvalue weighted by molar-refractivity contribution is 7.98. The fourth-order valence-corrected chi connectivity index (χ4v) is 2.01. The summed E-state index contributed by atoms with van der Waals surface area (Å²) in [5, 5.41) is 12.3. The molecule has 0 spiro atoms. The van der Waals surface area contributed by atoms with E-state index < -0.39 is 0 Å². The topological polar surface area (TPSA) is 35.8 Å². The van der Waals surface area contributed by atoms with Crippen LogP contribution < -0.4 is 5.32 Å². The first kappa shape index (κ1) is 11.6. The van der Waals surface area contributed by atoms with Gasteiger partial charge in [0.05, 0.1) is 11.3 Å². The van der Waals surface area contributed by atoms with Crippen LogP contribution in [0.25, 0.3) is 0 Å². The van der Waals surface area contributed by atoms with Gasteiger partial charge in [-0.1, -0.05) is 18.2 Å². The predicted molar refractivity (Wildman–Crippen MR) is 72.7 cm³/mol. The molecule has 84 valence electrons. The summed E-state index contributed by atoms with van der Waals surface area (Å²) < 4.78 is 0. The van der Waals surface area contributed by atoms with E-state index in [4.69, 9.17) is 5.26 Å². The number of hydrogen-bond acceptors (Lipinski definition) is 3. The molecule has 0 radical (unpaired) electrons. The normalized spacial score (nSPS) is 9.65. The lowest BCUT2D eigenvalue weighted by atomic mass is 10.2. The molecule has 2 rings (SSSR count). The number of nitrogens with zero attached hydrogens (tertiary/aromatic N) is 1. The minimum atomic E-state index is 0.655. The van der Waals surface area contributed by atoms with Crippen LogP contribution in [0, 0.1) is 11.3 Å². The summed E-state index contributed by atoms with van der Waals surface area (Å²) in [4.78, 5) is 1.20. The van der Waals surface area contributed by atoms with Crippen LogP contribution in [0.15, 0.2) is 53.4 Å². The number of benzene rings is 2. The standard InChI is InChI=1S/C14H12N2S/c1-17-13-7-4-6-12(9-13)16-14-8-3-2-5-11(14)10-15/h2-9,16H,1H3. The van der Waals surface area contributed by atoms with E-state index in [9.17, 15) is 0 Å². The van der Waals surface area contributed by atoms with Gasteiger partial charge in [0.25, 0.3) is 0 Å². The zero-order valence-electron chi connectivity index (χ0n) is 9.47. The molecule has 0 aliphatic rings. The number of nitriles is 1. The lowest BCUT2D eigenvalue weighted by molar-refractivity contribution is 1.42. The number of hydrogen-bond donors (Lipinski definition) is 1. The quantitative estimate of drug-likeness (QED) is 0.823. The summed E-state index contributed by atoms with van der Waals surface area (Å²) in [6.45, 7) is 0. The first-order valence-electron chi connectivity index (χ1n) is 5.23. The highest BCUT2D eigenvalue weighted by Crippen LogP contribution is 2.23. The van der Waals surface area contributed by atoms with Gasteiger partial charge in [-0.05, 0) is 36.6 Å². The average molecular weight is 240 g/mol. The maximum absolute atomic E-state index is 9.00. The number of thioether (sulfide) groups is 1. The van der Waals surface area contributed by atoms with E-state index in [2.05, 4.69) is 23.5 Å². The maximum Gasteiger partial charge on any atom is 0.101 e. The van der Waals surface area contributed by atoms with Crippen molar-refractivity contribution in [3.63, 3.8) is 0 Å². The molecule has 0 heterocycles. The van der Waals surface area contributed by atoms with Crippen molar-refractivity contribution in [2.75, 3.05) is 11.6 Å². The van der Waals surface area contributed by atoms with Gasteiger partial charge in [0, 0.05) is 10.6 Å². The summed E-state index contributed by atoms with van der Waals surface area (Å²) in [5.41, 5.74) is 2.50. The summed E-state index contributed by atoms with van der Waals surface area (Å²) in [6, 6.07) is 17.8. The van der Waals surface area contributed by atoms with E-state index in [0.717, 1.165) is 11.4 Å². The molecule has 3 heteroatoms. The zero-order chi connectivity index (χ0) is 12.1. The molecule has 0 aliphatic heterocycles. The van der Waals surface area contributed by atoms with Gasteiger partial charge in [0.15, 0.2) is 0 Å². The molecule has 0 atom stereocenters. The Kier molecular flexibility index (Phi) is 3.69. The van der Waals surface area contributed by atoms with E-state index >= 15 is 0 Å². The van der Waals surface area contributed by atoms with Crippen LogP contribution in [0.1, 0.15) is 5.56 Å². The van der Waals surface area contributed by atoms with Crippen molar-refractivity contribution in [3.05, 3.63) is 54.1 Å². The Labute approximate surface area is 105 Å². The van der Waals surface area contributed by atoms with Gasteiger partial charge in [-0.15, -0.1) is 11.8 Å². The third kappa shape index (κ3) is 2.80. The Morgan fingerprint density at radius 1 is 1.12 bits per heavy atom. The first-order chi connectivity index (χ1) is 8.33. The van der Waals surface area contributed by atoms with E-state index in [1.54, 1.807) is 17.8 Å². The second-order valence-corrected chi connectivity index (χ2v) is 4.39. The van der Waals surface area contributed by atoms with Crippen molar-refractivity contribution in [2.45, 2.75) is 4.90 Å². The molecule has 17 heavy (non-hydrogen) atoms. The minimum Gasteiger partial charge on any atom is -0.354 e. The molecule has 2 aromatic rings. The van der Waals surface area contributed by atoms with E-state index in [0.29, 0.717) is 5.56 Å². The molecule has 2 nitrogen and oxygen atoms in total. The monoisotopic (exact) mass is 240 g/mol. The Hall–Kier alpha value is -1.92. The van der Waals surface area contributed by atoms with Crippen molar-refractivity contribution in [1.29, 1.82) is 5.26 Å². The molecule has 1 N–H and O–H groups in total. The Balaban J connectivity index is 2.28. The second kappa shape index (κ2) is 5.42. The van der Waals surface area contributed by atoms with Crippen molar-refractivity contribution in [1.82, 2.24) is 0 Å². The number of anilines is 2. The minimum absolute atomic E-state index is 0.655. The molecule has 0 bridgehead atoms. The second-order valence-electron chi connectivity index (χ2n) is 3.51. The zero-order valence-corrected chi connectivity index (χ0v) is 10.3. The van der Waals surface area contributed by atoms with Crippen LogP contribution in [0.4, 0.5) is 11.4 Å². The van der Waals surface area contributed by atoms with Crippen LogP contribution in [0.5, 0.6) is 0 Å². The van der Waals surface area contributed by atoms with Gasteiger partial charge in [0.1, 0.15) is 6.07 Å². The largest absolute Gasteiger partial charge is 0.354 e. The van der Waals surface area contributed by atoms with Crippen LogP contribution in [0.3, 0.4) is 0 Å². The van der Waals surface area contributed by atoms with Gasteiger partial charge in [-0.2, -0.15) is 5.26 Å². The van der Waals surface area contributed by atoms with Crippen molar-refractivity contribution >= 4 is 23.1 Å². The average Bonchev–Trinajstić information content (AvgIpc) is 2.39. The fourth-order valence-electron chi connectivity index (χ4n) is 1.55. The third-order valence-corrected chi connectivity index (χ3v) is 3.12. The molecular weight excluding hydrogens is 228 g/mol. The van der Waals surface area contributed by atoms with Gasteiger partial charge in [-0.25, -0.2) is 0 Å². The molecule has 0 fully saturated rings. The molecule has 0 amide bonds. The Morgan fingerprint density at radius 3 is 2.71 bits per heavy atom. The van der Waals surface area contributed by atoms with Crippen LogP contribution in [-0.2, 0) is 0 Å². The van der Waals surface area contributed by atoms with Gasteiger partial charge in [0.2, 0.25) is 0 Å². The third-order valence-electron chi connectivity index (χ3n) is 2.40. The molecule has 0 saturated heterocycles. The summed E-state index contributed by atoms with van der Waals surface area (Å²) in [6.07, 6.45) is 2.04. The number of nitrogens with one attached hydrogen (secondary N) is 1. The molecular formula is C14H12N2S. The van der Waals surface area contributed by atoms with Gasteiger partial charge >= 0.3 is 0 Å². The lowest BCUT2D eigenvalue weighted by Gasteiger charge is -2.08. The molecule has 0 saturated carbocycles. The summed E-state index contributed by atoms with van der Waals surface area (Å²) in [7, 11) is 0. The Bertz CT molecular complexity index is 558. The molecule has 2 aromatic carbocycles. The van der Waals surface area contributed by atoms with Crippen LogP contribution in [0.2, 0.25) is 0 Å². The number of rotatable bonds is 3. The van der Waals surface area contributed by atoms with Crippen molar-refractivity contribution < 1.29 is 0 Å². The highest BCUT2D eigenvalue weighted by Gasteiger charge is 2.01. The van der Waals surface area contributed by atoms with E-state index in [1.807, 2.05) is 36.6 Å². The highest BCUT2D eigenvalue weighted by atomic mass is 32.2. The number of para-hydroxylation sites is 1. The fraction of sp³-hybridized carbons (Fsp3) is 0.0714. The van der Waals surface area contributed by atoms with Crippen molar-refractivity contribution in [3.8, 4) is 6.07 Å². The van der Waals surface area contributed by atoms with Crippen molar-refractivity contribution in [2.24, 2.45) is 0 Å². The molecule has 0 aromatic heterocycles. The van der Waals surface area contributed by atoms with E-state index in [1.165, 1.54) is 4.90 Å². The van der Waals surface area contributed by atoms with Crippen LogP contribution >= 0.6 is 11.8 Å². The Morgan fingerprint density at radius 2 is 1.94 bits per heavy atom. The maximum atomic E-state index is 9.00. The smallest absolute Gasteiger partial charge is 0.101 e. The summed E-state index contributed by atoms with van der Waals surface area (Å²) in [5.74, 6) is 0. The van der Waals surface area contributed by atoms with Crippen LogP contribution in [-0.4, -0.2) is 6.26 Å². The summed E-state index contributed by atoms with van der Waals surface area (Å²) >= 11 is 1.70. The van der Waals surface area contributed by atoms with Gasteiger partial charge < -0.3 is 5.32 Å². The molecule has 0 aliphatic carbocycles.